The van der Waals surface area contributed by atoms with Crippen molar-refractivity contribution in [1.29, 1.82) is 0 Å². The summed E-state index contributed by atoms with van der Waals surface area (Å²) in [5.74, 6) is 2.09. The Labute approximate surface area is 196 Å². The van der Waals surface area contributed by atoms with Crippen LogP contribution >= 0.6 is 0 Å². The lowest BCUT2D eigenvalue weighted by Gasteiger charge is -2.18. The van der Waals surface area contributed by atoms with Gasteiger partial charge in [-0.1, -0.05) is 42.5 Å². The van der Waals surface area contributed by atoms with Crippen LogP contribution in [0.5, 0.6) is 17.4 Å². The van der Waals surface area contributed by atoms with Gasteiger partial charge in [0.2, 0.25) is 5.88 Å². The lowest BCUT2D eigenvalue weighted by molar-refractivity contribution is -0.123. The van der Waals surface area contributed by atoms with Crippen molar-refractivity contribution in [2.75, 3.05) is 19.8 Å². The summed E-state index contributed by atoms with van der Waals surface area (Å²) in [5.41, 5.74) is 2.35. The molecule has 0 atom stereocenters. The SMILES string of the molecule is CC1(C)Cc2cccc(OCC(=O)NCCOc3ccc4nnc(-c5ccccc5)n4n3)c2O1. The Bertz CT molecular complexity index is 1320. The summed E-state index contributed by atoms with van der Waals surface area (Å²) in [6.45, 7) is 4.52. The molecule has 2 aromatic heterocycles. The molecule has 0 spiro atoms. The summed E-state index contributed by atoms with van der Waals surface area (Å²) in [7, 11) is 0. The fourth-order valence-electron chi connectivity index (χ4n) is 3.86. The molecule has 9 heteroatoms. The van der Waals surface area contributed by atoms with Gasteiger partial charge in [0.25, 0.3) is 5.91 Å². The Kier molecular flexibility index (Phi) is 5.75. The monoisotopic (exact) mass is 459 g/mol. The third kappa shape index (κ3) is 4.63. The molecule has 9 nitrogen and oxygen atoms in total. The predicted molar refractivity (Wildman–Crippen MR) is 125 cm³/mol. The highest BCUT2D eigenvalue weighted by atomic mass is 16.5. The molecule has 1 amide bonds. The average molecular weight is 460 g/mol. The van der Waals surface area contributed by atoms with Crippen LogP contribution < -0.4 is 19.5 Å². The predicted octanol–water partition coefficient (Wildman–Crippen LogP) is 3.08. The van der Waals surface area contributed by atoms with Gasteiger partial charge in [0.15, 0.2) is 29.6 Å². The van der Waals surface area contributed by atoms with Crippen LogP contribution in [-0.2, 0) is 11.2 Å². The van der Waals surface area contributed by atoms with E-state index < -0.39 is 0 Å². The highest BCUT2D eigenvalue weighted by Gasteiger charge is 2.32. The molecule has 3 heterocycles. The fraction of sp³-hybridized carbons (Fsp3) is 0.280. The minimum absolute atomic E-state index is 0.106. The molecule has 5 rings (SSSR count). The molecule has 0 fully saturated rings. The topological polar surface area (TPSA) is 99.9 Å². The molecule has 0 saturated heterocycles. The third-order valence-electron chi connectivity index (χ3n) is 5.36. The number of amides is 1. The van der Waals surface area contributed by atoms with Crippen LogP contribution in [0.3, 0.4) is 0 Å². The second kappa shape index (κ2) is 9.01. The number of carbonyl (C=O) groups excluding carboxylic acids is 1. The third-order valence-corrected chi connectivity index (χ3v) is 5.36. The highest BCUT2D eigenvalue weighted by molar-refractivity contribution is 5.77. The lowest BCUT2D eigenvalue weighted by Crippen LogP contribution is -2.32. The number of nitrogens with one attached hydrogen (secondary N) is 1. The molecule has 4 aromatic rings. The van der Waals surface area contributed by atoms with E-state index in [9.17, 15) is 4.79 Å². The molecule has 2 aromatic carbocycles. The molecule has 0 aliphatic carbocycles. The number of hydrogen-bond acceptors (Lipinski definition) is 7. The zero-order valence-corrected chi connectivity index (χ0v) is 19.0. The van der Waals surface area contributed by atoms with Gasteiger partial charge in [-0.25, -0.2) is 0 Å². The van der Waals surface area contributed by atoms with Crippen molar-refractivity contribution in [2.45, 2.75) is 25.9 Å². The molecular weight excluding hydrogens is 434 g/mol. The molecule has 0 unspecified atom stereocenters. The highest BCUT2D eigenvalue weighted by Crippen LogP contribution is 2.41. The van der Waals surface area contributed by atoms with Crippen molar-refractivity contribution in [1.82, 2.24) is 25.1 Å². The van der Waals surface area contributed by atoms with Crippen molar-refractivity contribution in [3.05, 3.63) is 66.2 Å². The second-order valence-corrected chi connectivity index (χ2v) is 8.60. The second-order valence-electron chi connectivity index (χ2n) is 8.60. The number of aromatic nitrogens is 4. The first-order valence-electron chi connectivity index (χ1n) is 11.1. The maximum atomic E-state index is 12.2. The zero-order chi connectivity index (χ0) is 23.5. The Morgan fingerprint density at radius 1 is 1.06 bits per heavy atom. The summed E-state index contributed by atoms with van der Waals surface area (Å²) in [6, 6.07) is 18.9. The molecule has 0 bridgehead atoms. The average Bonchev–Trinajstić information content (AvgIpc) is 3.40. The van der Waals surface area contributed by atoms with E-state index in [0.29, 0.717) is 35.4 Å². The number of benzene rings is 2. The van der Waals surface area contributed by atoms with Crippen LogP contribution in [0.25, 0.3) is 17.0 Å². The normalized spacial score (nSPS) is 13.8. The summed E-state index contributed by atoms with van der Waals surface area (Å²) in [5, 5.41) is 15.6. The van der Waals surface area contributed by atoms with Crippen LogP contribution in [0.1, 0.15) is 19.4 Å². The van der Waals surface area contributed by atoms with Gasteiger partial charge in [-0.05, 0) is 26.0 Å². The first-order chi connectivity index (χ1) is 16.5. The Morgan fingerprint density at radius 2 is 1.91 bits per heavy atom. The quantitative estimate of drug-likeness (QED) is 0.404. The molecule has 1 aliphatic rings. The van der Waals surface area contributed by atoms with Gasteiger partial charge < -0.3 is 19.5 Å². The Hall–Kier alpha value is -4.14. The number of ether oxygens (including phenoxy) is 3. The maximum Gasteiger partial charge on any atom is 0.258 e. The van der Waals surface area contributed by atoms with Crippen molar-refractivity contribution in [2.24, 2.45) is 0 Å². The molecule has 174 valence electrons. The molecule has 0 saturated carbocycles. The maximum absolute atomic E-state index is 12.2. The number of para-hydroxylation sites is 1. The van der Waals surface area contributed by atoms with Gasteiger partial charge in [-0.3, -0.25) is 4.79 Å². The van der Waals surface area contributed by atoms with Gasteiger partial charge in [0.1, 0.15) is 12.2 Å². The first kappa shape index (κ1) is 21.7. The van der Waals surface area contributed by atoms with Gasteiger partial charge >= 0.3 is 0 Å². The molecule has 0 radical (unpaired) electrons. The molecular formula is C25H25N5O4. The van der Waals surface area contributed by atoms with Gasteiger partial charge in [0.05, 0.1) is 6.54 Å². The van der Waals surface area contributed by atoms with E-state index in [1.165, 1.54) is 0 Å². The van der Waals surface area contributed by atoms with Crippen LogP contribution in [0, 0.1) is 0 Å². The van der Waals surface area contributed by atoms with E-state index in [-0.39, 0.29) is 24.7 Å². The summed E-state index contributed by atoms with van der Waals surface area (Å²) in [4.78, 5) is 12.2. The van der Waals surface area contributed by atoms with E-state index in [0.717, 1.165) is 17.5 Å². The van der Waals surface area contributed by atoms with Crippen molar-refractivity contribution < 1.29 is 19.0 Å². The number of fused-ring (bicyclic) bond motifs is 2. The summed E-state index contributed by atoms with van der Waals surface area (Å²) >= 11 is 0. The Morgan fingerprint density at radius 3 is 2.76 bits per heavy atom. The smallest absolute Gasteiger partial charge is 0.258 e. The number of carbonyl (C=O) groups is 1. The summed E-state index contributed by atoms with van der Waals surface area (Å²) < 4.78 is 19.0. The number of rotatable bonds is 8. The van der Waals surface area contributed by atoms with E-state index in [1.807, 2.05) is 62.4 Å². The minimum Gasteiger partial charge on any atom is -0.483 e. The van der Waals surface area contributed by atoms with Crippen molar-refractivity contribution in [3.8, 4) is 28.8 Å². The van der Waals surface area contributed by atoms with Gasteiger partial charge in [-0.15, -0.1) is 15.3 Å². The first-order valence-corrected chi connectivity index (χ1v) is 11.1. The largest absolute Gasteiger partial charge is 0.483 e. The molecule has 1 N–H and O–H groups in total. The lowest BCUT2D eigenvalue weighted by atomic mass is 10.0. The van der Waals surface area contributed by atoms with Crippen LogP contribution in [0.2, 0.25) is 0 Å². The summed E-state index contributed by atoms with van der Waals surface area (Å²) in [6.07, 6.45) is 0.810. The van der Waals surface area contributed by atoms with Crippen LogP contribution in [0.15, 0.2) is 60.7 Å². The van der Waals surface area contributed by atoms with Gasteiger partial charge in [0, 0.05) is 23.6 Å². The van der Waals surface area contributed by atoms with Crippen molar-refractivity contribution >= 4 is 11.6 Å². The van der Waals surface area contributed by atoms with E-state index in [2.05, 4.69) is 20.6 Å². The zero-order valence-electron chi connectivity index (χ0n) is 19.0. The van der Waals surface area contributed by atoms with Gasteiger partial charge in [-0.2, -0.15) is 4.52 Å². The fourth-order valence-corrected chi connectivity index (χ4v) is 3.86. The van der Waals surface area contributed by atoms with E-state index in [1.54, 1.807) is 16.6 Å². The molecule has 34 heavy (non-hydrogen) atoms. The number of nitrogens with zero attached hydrogens (tertiary/aromatic N) is 4. The Balaban J connectivity index is 1.12. The van der Waals surface area contributed by atoms with E-state index >= 15 is 0 Å². The number of hydrogen-bond donors (Lipinski definition) is 1. The van der Waals surface area contributed by atoms with Crippen molar-refractivity contribution in [3.63, 3.8) is 0 Å². The molecule has 1 aliphatic heterocycles. The minimum atomic E-state index is -0.271. The van der Waals surface area contributed by atoms with E-state index in [4.69, 9.17) is 14.2 Å². The van der Waals surface area contributed by atoms with Crippen LogP contribution in [0.4, 0.5) is 0 Å². The van der Waals surface area contributed by atoms with Crippen LogP contribution in [-0.4, -0.2) is 51.1 Å². The standard InChI is InChI=1S/C25H25N5O4/c1-25(2)15-18-9-6-10-19(23(18)34-25)33-16-21(31)26-13-14-32-22-12-11-20-27-28-24(30(20)29-22)17-7-4-3-5-8-17/h3-12H,13-16H2,1-2H3,(H,26,31).